The number of anilines is 2. The number of hydrogen-bond donors (Lipinski definition) is 1. The molecule has 1 N–H and O–H groups in total. The molecule has 6 rings (SSSR count). The van der Waals surface area contributed by atoms with E-state index in [1.54, 1.807) is 13.1 Å². The molecule has 0 radical (unpaired) electrons. The third-order valence-corrected chi connectivity index (χ3v) is 8.25. The minimum atomic E-state index is -0.211. The Bertz CT molecular complexity index is 1600. The van der Waals surface area contributed by atoms with Gasteiger partial charge in [-0.3, -0.25) is 9.59 Å². The maximum absolute atomic E-state index is 12.9. The van der Waals surface area contributed by atoms with E-state index in [0.29, 0.717) is 42.1 Å². The summed E-state index contributed by atoms with van der Waals surface area (Å²) in [6.45, 7) is 6.99. The van der Waals surface area contributed by atoms with E-state index in [0.717, 1.165) is 54.1 Å². The molecule has 0 bridgehead atoms. The van der Waals surface area contributed by atoms with Crippen LogP contribution in [0.25, 0.3) is 16.8 Å². The molecule has 0 unspecified atom stereocenters. The van der Waals surface area contributed by atoms with Crippen LogP contribution in [0.1, 0.15) is 41.9 Å². The fourth-order valence-corrected chi connectivity index (χ4v) is 6.12. The van der Waals surface area contributed by atoms with Gasteiger partial charge in [0.25, 0.3) is 5.91 Å². The minimum absolute atomic E-state index is 0.0895. The van der Waals surface area contributed by atoms with Crippen LogP contribution < -0.4 is 15.1 Å². The Morgan fingerprint density at radius 1 is 1.05 bits per heavy atom. The van der Waals surface area contributed by atoms with Crippen LogP contribution in [0.3, 0.4) is 0 Å². The number of ether oxygens (including phenoxy) is 1. The summed E-state index contributed by atoms with van der Waals surface area (Å²) in [6.07, 6.45) is 6.21. The van der Waals surface area contributed by atoms with E-state index in [-0.39, 0.29) is 17.9 Å². The second-order valence-electron chi connectivity index (χ2n) is 10.7. The number of imidazole rings is 1. The fourth-order valence-electron chi connectivity index (χ4n) is 5.73. The molecule has 0 aliphatic carbocycles. The third-order valence-electron chi connectivity index (χ3n) is 7.87. The molecule has 2 aliphatic rings. The number of carbonyl (C=O) groups excluding carboxylic acids is 2. The van der Waals surface area contributed by atoms with Crippen molar-refractivity contribution in [3.63, 3.8) is 0 Å². The normalized spacial score (nSPS) is 17.0. The molecule has 1 saturated heterocycles. The lowest BCUT2D eigenvalue weighted by atomic mass is 9.93. The van der Waals surface area contributed by atoms with Crippen LogP contribution in [-0.2, 0) is 22.4 Å². The number of rotatable bonds is 6. The van der Waals surface area contributed by atoms with Crippen molar-refractivity contribution in [2.75, 3.05) is 42.6 Å². The summed E-state index contributed by atoms with van der Waals surface area (Å²) in [6, 6.07) is 15.0. The van der Waals surface area contributed by atoms with Gasteiger partial charge in [0.1, 0.15) is 10.3 Å². The topological polar surface area (TPSA) is 92.1 Å². The molecule has 4 heterocycles. The predicted octanol–water partition coefficient (Wildman–Crippen LogP) is 4.66. The Labute approximate surface area is 247 Å². The van der Waals surface area contributed by atoms with Crippen molar-refractivity contribution in [3.8, 4) is 11.1 Å². The van der Waals surface area contributed by atoms with Crippen molar-refractivity contribution in [1.82, 2.24) is 19.7 Å². The van der Waals surface area contributed by atoms with Crippen molar-refractivity contribution in [2.24, 2.45) is 0 Å². The summed E-state index contributed by atoms with van der Waals surface area (Å²) in [7, 11) is 0. The van der Waals surface area contributed by atoms with Gasteiger partial charge in [-0.15, -0.1) is 0 Å². The van der Waals surface area contributed by atoms with Gasteiger partial charge < -0.3 is 24.3 Å². The highest BCUT2D eigenvalue weighted by atomic mass is 79.9. The van der Waals surface area contributed by atoms with Gasteiger partial charge in [-0.25, -0.2) is 9.97 Å². The predicted molar refractivity (Wildman–Crippen MR) is 163 cm³/mol. The lowest BCUT2D eigenvalue weighted by Gasteiger charge is -2.34. The fraction of sp³-hybridized carbons (Fsp3) is 0.355. The van der Waals surface area contributed by atoms with Crippen LogP contribution in [-0.4, -0.2) is 65.1 Å². The second-order valence-corrected chi connectivity index (χ2v) is 11.5. The second kappa shape index (κ2) is 11.6. The van der Waals surface area contributed by atoms with Crippen molar-refractivity contribution < 1.29 is 14.3 Å². The molecule has 1 fully saturated rings. The molecular formula is C31H33BrN6O3. The number of hydrogen-bond acceptors (Lipinski definition) is 6. The van der Waals surface area contributed by atoms with E-state index < -0.39 is 0 Å². The van der Waals surface area contributed by atoms with E-state index in [2.05, 4.69) is 85.5 Å². The Hall–Kier alpha value is -3.76. The van der Waals surface area contributed by atoms with Crippen molar-refractivity contribution >= 4 is 44.9 Å². The molecule has 2 aromatic heterocycles. The zero-order valence-electron chi connectivity index (χ0n) is 23.3. The number of aromatic nitrogens is 3. The lowest BCUT2D eigenvalue weighted by molar-refractivity contribution is -0.117. The van der Waals surface area contributed by atoms with Gasteiger partial charge in [-0.2, -0.15) is 0 Å². The Balaban J connectivity index is 1.09. The number of carbonyl (C=O) groups is 2. The van der Waals surface area contributed by atoms with Gasteiger partial charge in [0.05, 0.1) is 13.2 Å². The molecule has 10 heteroatoms. The summed E-state index contributed by atoms with van der Waals surface area (Å²) in [5.74, 6) is 0.621. The molecular weight excluding hydrogens is 584 g/mol. The summed E-state index contributed by atoms with van der Waals surface area (Å²) in [5.41, 5.74) is 6.68. The van der Waals surface area contributed by atoms with Crippen LogP contribution >= 0.6 is 15.9 Å². The number of fused-ring (bicyclic) bond motifs is 2. The monoisotopic (exact) mass is 616 g/mol. The van der Waals surface area contributed by atoms with E-state index in [9.17, 15) is 9.59 Å². The van der Waals surface area contributed by atoms with Crippen LogP contribution in [0.2, 0.25) is 0 Å². The first-order chi connectivity index (χ1) is 19.9. The van der Waals surface area contributed by atoms with Crippen LogP contribution in [0.15, 0.2) is 59.5 Å². The number of amides is 2. The first kappa shape index (κ1) is 27.4. The first-order valence-electron chi connectivity index (χ1n) is 14.1. The number of halogens is 1. The Morgan fingerprint density at radius 2 is 1.80 bits per heavy atom. The number of morpholine rings is 1. The molecule has 9 nitrogen and oxygen atoms in total. The standard InChI is InChI=1S/C31H33BrN6O3/c1-20-3-6-25-17-24(9-10-27(25)38(20)21(2)39)23-7-4-22(5-8-23)11-12-33-31(40)26-18-37-19-28(32)35-30(29(37)34-26)36-13-15-41-16-14-36/h4-5,7-10,17-20H,3,6,11-16H2,1-2H3,(H,33,40)/t20-/m0/s1. The van der Waals surface area contributed by atoms with Gasteiger partial charge in [0.15, 0.2) is 11.5 Å². The third kappa shape index (κ3) is 5.71. The van der Waals surface area contributed by atoms with Crippen LogP contribution in [0, 0.1) is 0 Å². The van der Waals surface area contributed by atoms with Crippen molar-refractivity contribution in [1.29, 1.82) is 0 Å². The van der Waals surface area contributed by atoms with Crippen molar-refractivity contribution in [2.45, 2.75) is 39.2 Å². The van der Waals surface area contributed by atoms with Gasteiger partial charge in [-0.1, -0.05) is 30.3 Å². The summed E-state index contributed by atoms with van der Waals surface area (Å²) in [4.78, 5) is 38.4. The highest BCUT2D eigenvalue weighted by molar-refractivity contribution is 9.10. The summed E-state index contributed by atoms with van der Waals surface area (Å²) >= 11 is 3.48. The number of aryl methyl sites for hydroxylation is 1. The van der Waals surface area contributed by atoms with Gasteiger partial charge in [-0.05, 0) is 76.5 Å². The molecule has 2 aliphatic heterocycles. The largest absolute Gasteiger partial charge is 0.378 e. The molecule has 41 heavy (non-hydrogen) atoms. The summed E-state index contributed by atoms with van der Waals surface area (Å²) < 4.78 is 7.99. The molecule has 2 aromatic carbocycles. The Morgan fingerprint density at radius 3 is 2.56 bits per heavy atom. The molecule has 212 valence electrons. The van der Waals surface area contributed by atoms with Gasteiger partial charge in [0.2, 0.25) is 5.91 Å². The van der Waals surface area contributed by atoms with E-state index in [4.69, 9.17) is 4.74 Å². The van der Waals surface area contributed by atoms with Gasteiger partial charge in [0, 0.05) is 50.7 Å². The lowest BCUT2D eigenvalue weighted by Crippen LogP contribution is -2.40. The van der Waals surface area contributed by atoms with Crippen LogP contribution in [0.5, 0.6) is 0 Å². The van der Waals surface area contributed by atoms with Gasteiger partial charge >= 0.3 is 0 Å². The summed E-state index contributed by atoms with van der Waals surface area (Å²) in [5, 5.41) is 3.01. The zero-order chi connectivity index (χ0) is 28.5. The highest BCUT2D eigenvalue weighted by Crippen LogP contribution is 2.34. The number of benzene rings is 2. The van der Waals surface area contributed by atoms with Crippen LogP contribution in [0.4, 0.5) is 11.5 Å². The molecule has 4 aromatic rings. The average Bonchev–Trinajstić information content (AvgIpc) is 3.41. The number of nitrogens with one attached hydrogen (secondary N) is 1. The molecule has 1 atom stereocenters. The van der Waals surface area contributed by atoms with E-state index in [1.807, 2.05) is 15.5 Å². The smallest absolute Gasteiger partial charge is 0.271 e. The molecule has 0 spiro atoms. The molecule has 2 amide bonds. The number of nitrogens with zero attached hydrogens (tertiary/aromatic N) is 5. The van der Waals surface area contributed by atoms with E-state index >= 15 is 0 Å². The SMILES string of the molecule is CC(=O)N1c2ccc(-c3ccc(CCNC(=O)c4cn5cc(Br)nc(N6CCOCC6)c5n4)cc3)cc2CC[C@@H]1C. The first-order valence-corrected chi connectivity index (χ1v) is 14.8. The maximum Gasteiger partial charge on any atom is 0.271 e. The quantitative estimate of drug-likeness (QED) is 0.339. The minimum Gasteiger partial charge on any atom is -0.378 e. The van der Waals surface area contributed by atoms with E-state index in [1.165, 1.54) is 5.56 Å². The maximum atomic E-state index is 12.9. The molecule has 0 saturated carbocycles. The zero-order valence-corrected chi connectivity index (χ0v) is 24.9. The highest BCUT2D eigenvalue weighted by Gasteiger charge is 2.26. The average molecular weight is 618 g/mol. The van der Waals surface area contributed by atoms with Crippen molar-refractivity contribution in [3.05, 3.63) is 76.3 Å². The Kier molecular flexibility index (Phi) is 7.77.